The number of benzene rings is 1. The Morgan fingerprint density at radius 2 is 2.21 bits per heavy atom. The molecule has 1 aliphatic heterocycles. The van der Waals surface area contributed by atoms with Crippen molar-refractivity contribution in [2.45, 2.75) is 45.2 Å². The lowest BCUT2D eigenvalue weighted by Crippen LogP contribution is -2.44. The molecule has 0 bridgehead atoms. The van der Waals surface area contributed by atoms with E-state index in [1.165, 1.54) is 10.4 Å². The van der Waals surface area contributed by atoms with Gasteiger partial charge in [-0.3, -0.25) is 9.78 Å². The molecule has 0 saturated carbocycles. The molecule has 1 unspecified atom stereocenters. The van der Waals surface area contributed by atoms with Gasteiger partial charge < -0.3 is 14.7 Å². The predicted molar refractivity (Wildman–Crippen MR) is 134 cm³/mol. The fourth-order valence-corrected chi connectivity index (χ4v) is 6.04. The van der Waals surface area contributed by atoms with Gasteiger partial charge in [0.2, 0.25) is 0 Å². The van der Waals surface area contributed by atoms with Crippen molar-refractivity contribution in [1.82, 2.24) is 9.88 Å². The van der Waals surface area contributed by atoms with Crippen LogP contribution in [0.3, 0.4) is 0 Å². The molecule has 3 heterocycles. The number of aliphatic carboxylic acids is 1. The van der Waals surface area contributed by atoms with Crippen molar-refractivity contribution < 1.29 is 19.0 Å². The Morgan fingerprint density at radius 3 is 2.94 bits per heavy atom. The molecular formula is C27H33FN2O3S. The highest BCUT2D eigenvalue weighted by Crippen LogP contribution is 2.35. The number of carboxylic acid groups (broad SMARTS) is 1. The number of hydrogen-bond donors (Lipinski definition) is 1. The first-order chi connectivity index (χ1) is 16.5. The Labute approximate surface area is 204 Å². The highest BCUT2D eigenvalue weighted by molar-refractivity contribution is 7.10. The van der Waals surface area contributed by atoms with Gasteiger partial charge in [0.15, 0.2) is 0 Å². The predicted octanol–water partition coefficient (Wildman–Crippen LogP) is 6.06. The normalized spacial score (nSPS) is 19.9. The fourth-order valence-electron chi connectivity index (χ4n) is 5.08. The minimum atomic E-state index is -1.17. The molecule has 3 aromatic rings. The van der Waals surface area contributed by atoms with Crippen LogP contribution in [0.2, 0.25) is 0 Å². The first-order valence-electron chi connectivity index (χ1n) is 12.0. The summed E-state index contributed by atoms with van der Waals surface area (Å²) >= 11 is 1.79. The van der Waals surface area contributed by atoms with E-state index in [1.54, 1.807) is 30.7 Å². The topological polar surface area (TPSA) is 62.7 Å². The molecule has 1 aromatic carbocycles. The molecule has 1 aliphatic rings. The molecule has 1 fully saturated rings. The zero-order chi connectivity index (χ0) is 24.1. The van der Waals surface area contributed by atoms with Crippen LogP contribution in [-0.2, 0) is 11.2 Å². The Bertz CT molecular complexity index is 1120. The molecule has 0 amide bonds. The SMILES string of the molecule is COc1ccc2nccc(C(F)CC[C@@H]3CCN(CCCc4sccc4C)C[C@@H]3C(=O)O)c2c1. The smallest absolute Gasteiger partial charge is 0.308 e. The average molecular weight is 485 g/mol. The van der Waals surface area contributed by atoms with Gasteiger partial charge in [-0.2, -0.15) is 0 Å². The number of aryl methyl sites for hydroxylation is 2. The number of hydrogen-bond acceptors (Lipinski definition) is 5. The van der Waals surface area contributed by atoms with E-state index >= 15 is 4.39 Å². The zero-order valence-corrected chi connectivity index (χ0v) is 20.7. The number of rotatable bonds is 10. The van der Waals surface area contributed by atoms with Crippen LogP contribution in [0.15, 0.2) is 41.9 Å². The van der Waals surface area contributed by atoms with Crippen molar-refractivity contribution >= 4 is 28.2 Å². The van der Waals surface area contributed by atoms with E-state index in [4.69, 9.17) is 4.74 Å². The maximum Gasteiger partial charge on any atom is 0.308 e. The van der Waals surface area contributed by atoms with Gasteiger partial charge in [0, 0.05) is 23.0 Å². The number of thiophene rings is 1. The minimum absolute atomic E-state index is 0.00539. The summed E-state index contributed by atoms with van der Waals surface area (Å²) in [5.74, 6) is -0.548. The van der Waals surface area contributed by atoms with Crippen LogP contribution in [0.4, 0.5) is 4.39 Å². The van der Waals surface area contributed by atoms with Crippen molar-refractivity contribution in [2.75, 3.05) is 26.7 Å². The molecule has 1 saturated heterocycles. The van der Waals surface area contributed by atoms with E-state index < -0.39 is 18.1 Å². The van der Waals surface area contributed by atoms with Gasteiger partial charge in [0.1, 0.15) is 11.9 Å². The Balaban J connectivity index is 1.34. The summed E-state index contributed by atoms with van der Waals surface area (Å²) in [4.78, 5) is 20.1. The largest absolute Gasteiger partial charge is 0.497 e. The molecular weight excluding hydrogens is 451 g/mol. The lowest BCUT2D eigenvalue weighted by Gasteiger charge is -2.37. The number of methoxy groups -OCH3 is 1. The lowest BCUT2D eigenvalue weighted by molar-refractivity contribution is -0.146. The molecule has 0 aliphatic carbocycles. The van der Waals surface area contributed by atoms with E-state index in [0.29, 0.717) is 30.7 Å². The van der Waals surface area contributed by atoms with E-state index in [0.717, 1.165) is 43.3 Å². The number of carboxylic acids is 1. The van der Waals surface area contributed by atoms with Gasteiger partial charge in [-0.25, -0.2) is 4.39 Å². The van der Waals surface area contributed by atoms with Crippen LogP contribution in [0.5, 0.6) is 5.75 Å². The maximum absolute atomic E-state index is 15.4. The van der Waals surface area contributed by atoms with E-state index in [9.17, 15) is 9.90 Å². The second kappa shape index (κ2) is 11.3. The fraction of sp³-hybridized carbons (Fsp3) is 0.481. The van der Waals surface area contributed by atoms with Crippen LogP contribution in [0, 0.1) is 18.8 Å². The first-order valence-corrected chi connectivity index (χ1v) is 12.9. The van der Waals surface area contributed by atoms with Crippen molar-refractivity contribution in [3.8, 4) is 5.75 Å². The summed E-state index contributed by atoms with van der Waals surface area (Å²) in [5, 5.41) is 12.8. The number of ether oxygens (including phenoxy) is 1. The second-order valence-corrected chi connectivity index (χ2v) is 10.3. The molecule has 34 heavy (non-hydrogen) atoms. The quantitative estimate of drug-likeness (QED) is 0.379. The molecule has 5 nitrogen and oxygen atoms in total. The molecule has 3 atom stereocenters. The van der Waals surface area contributed by atoms with E-state index in [-0.39, 0.29) is 5.92 Å². The van der Waals surface area contributed by atoms with E-state index in [1.807, 2.05) is 18.2 Å². The van der Waals surface area contributed by atoms with E-state index in [2.05, 4.69) is 28.3 Å². The number of halogens is 1. The number of aromatic nitrogens is 1. The second-order valence-electron chi connectivity index (χ2n) is 9.25. The van der Waals surface area contributed by atoms with Crippen LogP contribution in [-0.4, -0.2) is 47.7 Å². The molecule has 7 heteroatoms. The Hall–Kier alpha value is -2.51. The minimum Gasteiger partial charge on any atom is -0.497 e. The summed E-state index contributed by atoms with van der Waals surface area (Å²) in [6.07, 6.45) is 4.20. The average Bonchev–Trinajstić information content (AvgIpc) is 3.26. The monoisotopic (exact) mass is 484 g/mol. The summed E-state index contributed by atoms with van der Waals surface area (Å²) in [6, 6.07) is 9.34. The molecule has 0 radical (unpaired) electrons. The van der Waals surface area contributed by atoms with Crippen LogP contribution in [0.25, 0.3) is 10.9 Å². The highest BCUT2D eigenvalue weighted by Gasteiger charge is 2.34. The molecule has 2 aromatic heterocycles. The van der Waals surface area contributed by atoms with Gasteiger partial charge in [-0.15, -0.1) is 11.3 Å². The number of likely N-dealkylation sites (tertiary alicyclic amines) is 1. The van der Waals surface area contributed by atoms with Crippen molar-refractivity contribution in [2.24, 2.45) is 11.8 Å². The molecule has 0 spiro atoms. The summed E-state index contributed by atoms with van der Waals surface area (Å²) < 4.78 is 20.7. The van der Waals surface area contributed by atoms with Crippen LogP contribution in [0.1, 0.15) is 47.9 Å². The van der Waals surface area contributed by atoms with Gasteiger partial charge in [-0.05, 0) is 105 Å². The number of carbonyl (C=O) groups is 1. The third-order valence-corrected chi connectivity index (χ3v) is 8.20. The van der Waals surface area contributed by atoms with Gasteiger partial charge in [0.25, 0.3) is 0 Å². The molecule has 4 rings (SSSR count). The van der Waals surface area contributed by atoms with Crippen molar-refractivity contribution in [3.63, 3.8) is 0 Å². The highest BCUT2D eigenvalue weighted by atomic mass is 32.1. The Morgan fingerprint density at radius 1 is 1.35 bits per heavy atom. The van der Waals surface area contributed by atoms with Crippen LogP contribution >= 0.6 is 11.3 Å². The zero-order valence-electron chi connectivity index (χ0n) is 19.9. The van der Waals surface area contributed by atoms with Crippen LogP contribution < -0.4 is 4.74 Å². The molecule has 1 N–H and O–H groups in total. The third-order valence-electron chi connectivity index (χ3n) is 7.11. The lowest BCUT2D eigenvalue weighted by atomic mass is 9.81. The van der Waals surface area contributed by atoms with Crippen molar-refractivity contribution in [3.05, 3.63) is 57.9 Å². The molecule has 182 valence electrons. The maximum atomic E-state index is 15.4. The number of pyridine rings is 1. The summed E-state index contributed by atoms with van der Waals surface area (Å²) in [6.45, 7) is 4.48. The van der Waals surface area contributed by atoms with Crippen molar-refractivity contribution in [1.29, 1.82) is 0 Å². The third kappa shape index (κ3) is 5.76. The Kier molecular flexibility index (Phi) is 8.16. The number of nitrogens with zero attached hydrogens (tertiary/aromatic N) is 2. The number of alkyl halides is 1. The summed E-state index contributed by atoms with van der Waals surface area (Å²) in [5.41, 5.74) is 2.67. The number of fused-ring (bicyclic) bond motifs is 1. The number of piperidine rings is 1. The standard InChI is InChI=1S/C27H33FN2O3S/c1-18-11-15-34-26(18)4-3-13-30-14-10-19(23(17-30)27(31)32)5-7-24(28)21-9-12-29-25-8-6-20(33-2)16-22(21)25/h6,8-9,11-12,15-16,19,23-24H,3-5,7,10,13-14,17H2,1-2H3,(H,31,32)/t19-,23+,24?/m1/s1. The van der Waals surface area contributed by atoms with Gasteiger partial charge >= 0.3 is 5.97 Å². The van der Waals surface area contributed by atoms with Gasteiger partial charge in [0.05, 0.1) is 18.5 Å². The first kappa shape index (κ1) is 24.6. The summed E-state index contributed by atoms with van der Waals surface area (Å²) in [7, 11) is 1.59. The van der Waals surface area contributed by atoms with Gasteiger partial charge in [-0.1, -0.05) is 0 Å².